The minimum atomic E-state index is -1.18. The SMILES string of the molecule is CCCCOC(=O)[C@@H]1[C@@H](C(=O)Nc2ccccc2)N2[C@@H](c3ccccc3)[C@H](C(=O)OCCCC)[C@H](C(=O)Nc3ccccc3)N2[C@@H]1c1ccccc1. The highest BCUT2D eigenvalue weighted by molar-refractivity contribution is 6.01. The molecule has 0 unspecified atom stereocenters. The van der Waals surface area contributed by atoms with E-state index in [0.717, 1.165) is 12.8 Å². The Kier molecular flexibility index (Phi) is 12.1. The van der Waals surface area contributed by atoms with Gasteiger partial charge >= 0.3 is 11.9 Å². The van der Waals surface area contributed by atoms with Crippen molar-refractivity contribution in [3.05, 3.63) is 132 Å². The third kappa shape index (κ3) is 7.78. The van der Waals surface area contributed by atoms with Crippen LogP contribution in [0.2, 0.25) is 0 Å². The lowest BCUT2D eigenvalue weighted by Crippen LogP contribution is -2.49. The molecule has 2 aliphatic heterocycles. The number of amides is 2. The molecule has 270 valence electrons. The van der Waals surface area contributed by atoms with Crippen molar-refractivity contribution in [2.45, 2.75) is 63.7 Å². The molecule has 4 aromatic rings. The second-order valence-electron chi connectivity index (χ2n) is 13.2. The van der Waals surface area contributed by atoms with Crippen LogP contribution in [0.25, 0.3) is 0 Å². The first-order chi connectivity index (χ1) is 25.4. The summed E-state index contributed by atoms with van der Waals surface area (Å²) >= 11 is 0. The molecule has 4 aromatic carbocycles. The molecule has 0 aliphatic carbocycles. The number of benzene rings is 4. The molecule has 2 aliphatic rings. The van der Waals surface area contributed by atoms with E-state index in [2.05, 4.69) is 10.6 Å². The number of rotatable bonds is 14. The lowest BCUT2D eigenvalue weighted by Gasteiger charge is -2.33. The Hall–Kier alpha value is -5.32. The zero-order valence-corrected chi connectivity index (χ0v) is 29.6. The maximum absolute atomic E-state index is 14.8. The highest BCUT2D eigenvalue weighted by atomic mass is 16.5. The van der Waals surface area contributed by atoms with Gasteiger partial charge in [-0.2, -0.15) is 0 Å². The number of carbonyl (C=O) groups excluding carboxylic acids is 4. The van der Waals surface area contributed by atoms with E-state index >= 15 is 0 Å². The van der Waals surface area contributed by atoms with Crippen molar-refractivity contribution in [3.63, 3.8) is 0 Å². The van der Waals surface area contributed by atoms with Crippen molar-refractivity contribution in [2.24, 2.45) is 11.8 Å². The van der Waals surface area contributed by atoms with E-state index in [1.54, 1.807) is 34.3 Å². The van der Waals surface area contributed by atoms with E-state index in [9.17, 15) is 19.2 Å². The van der Waals surface area contributed by atoms with E-state index in [4.69, 9.17) is 9.47 Å². The van der Waals surface area contributed by atoms with Gasteiger partial charge in [0.1, 0.15) is 23.9 Å². The number of nitrogens with zero attached hydrogens (tertiary/aromatic N) is 2. The van der Waals surface area contributed by atoms with Crippen LogP contribution < -0.4 is 10.6 Å². The van der Waals surface area contributed by atoms with Crippen LogP contribution in [0.4, 0.5) is 11.4 Å². The molecule has 2 saturated heterocycles. The largest absolute Gasteiger partial charge is 0.465 e. The average Bonchev–Trinajstić information content (AvgIpc) is 3.70. The molecule has 6 atom stereocenters. The van der Waals surface area contributed by atoms with Crippen LogP contribution in [0.15, 0.2) is 121 Å². The predicted molar refractivity (Wildman–Crippen MR) is 198 cm³/mol. The first-order valence-electron chi connectivity index (χ1n) is 18.2. The molecule has 0 spiro atoms. The van der Waals surface area contributed by atoms with Gasteiger partial charge < -0.3 is 20.1 Å². The summed E-state index contributed by atoms with van der Waals surface area (Å²) in [6, 6.07) is 32.7. The number of nitrogens with one attached hydrogen (secondary N) is 2. The van der Waals surface area contributed by atoms with E-state index < -0.39 is 59.8 Å². The molecular weight excluding hydrogens is 656 g/mol. The number of unbranched alkanes of at least 4 members (excludes halogenated alkanes) is 2. The molecule has 6 rings (SSSR count). The summed E-state index contributed by atoms with van der Waals surface area (Å²) in [7, 11) is 0. The second kappa shape index (κ2) is 17.3. The highest BCUT2D eigenvalue weighted by Crippen LogP contribution is 2.56. The Labute approximate surface area is 305 Å². The Balaban J connectivity index is 1.57. The smallest absolute Gasteiger partial charge is 0.313 e. The number of fused-ring (bicyclic) bond motifs is 1. The summed E-state index contributed by atoms with van der Waals surface area (Å²) < 4.78 is 11.8. The number of anilines is 2. The quantitative estimate of drug-likeness (QED) is 0.107. The molecule has 2 N–H and O–H groups in total. The summed E-state index contributed by atoms with van der Waals surface area (Å²) in [6.45, 7) is 4.39. The van der Waals surface area contributed by atoms with E-state index in [1.165, 1.54) is 0 Å². The molecule has 0 radical (unpaired) electrons. The minimum Gasteiger partial charge on any atom is -0.465 e. The van der Waals surface area contributed by atoms with E-state index in [1.807, 2.05) is 111 Å². The van der Waals surface area contributed by atoms with Gasteiger partial charge in [-0.25, -0.2) is 10.0 Å². The second-order valence-corrected chi connectivity index (χ2v) is 13.2. The normalized spacial score (nSPS) is 22.7. The summed E-state index contributed by atoms with van der Waals surface area (Å²) in [5.74, 6) is -4.18. The zero-order chi connectivity index (χ0) is 36.5. The first kappa shape index (κ1) is 36.5. The molecule has 0 bridgehead atoms. The zero-order valence-electron chi connectivity index (χ0n) is 29.6. The van der Waals surface area contributed by atoms with Crippen LogP contribution in [0.5, 0.6) is 0 Å². The number of ether oxygens (including phenoxy) is 2. The van der Waals surface area contributed by atoms with Gasteiger partial charge in [0.15, 0.2) is 0 Å². The van der Waals surface area contributed by atoms with Gasteiger partial charge in [-0.05, 0) is 48.2 Å². The van der Waals surface area contributed by atoms with Crippen molar-refractivity contribution in [1.29, 1.82) is 0 Å². The van der Waals surface area contributed by atoms with Crippen molar-refractivity contribution in [3.8, 4) is 0 Å². The Morgan fingerprint density at radius 1 is 0.519 bits per heavy atom. The number of para-hydroxylation sites is 2. The standard InChI is InChI=1S/C42H46N4O6/c1-3-5-27-51-41(49)33-35(29-19-11-7-12-20-29)45-38(40(48)44-32-25-17-10-18-26-32)34(42(50)52-28-6-4-2)36(30-21-13-8-14-22-30)46(45)37(33)39(47)43-31-23-15-9-16-24-31/h7-26,33-38H,3-6,27-28H2,1-2H3,(H,43,47)(H,44,48)/t33-,34-,35-,36+,37+,38-/m0/s1. The van der Waals surface area contributed by atoms with Gasteiger partial charge in [0.25, 0.3) is 0 Å². The fraction of sp³-hybridized carbons (Fsp3) is 0.333. The molecule has 2 fully saturated rings. The lowest BCUT2D eigenvalue weighted by molar-refractivity contribution is -0.154. The van der Waals surface area contributed by atoms with Crippen LogP contribution in [-0.4, -0.2) is 59.1 Å². The van der Waals surface area contributed by atoms with Crippen LogP contribution in [0, 0.1) is 11.8 Å². The molecule has 0 aromatic heterocycles. The van der Waals surface area contributed by atoms with E-state index in [0.29, 0.717) is 35.3 Å². The molecule has 2 amide bonds. The Bertz CT molecular complexity index is 1660. The topological polar surface area (TPSA) is 117 Å². The van der Waals surface area contributed by atoms with Crippen LogP contribution in [-0.2, 0) is 28.7 Å². The first-order valence-corrected chi connectivity index (χ1v) is 18.2. The number of hydrogen-bond acceptors (Lipinski definition) is 8. The number of esters is 2. The predicted octanol–water partition coefficient (Wildman–Crippen LogP) is 6.95. The van der Waals surface area contributed by atoms with Gasteiger partial charge in [-0.1, -0.05) is 124 Å². The minimum absolute atomic E-state index is 0.187. The average molecular weight is 703 g/mol. The molecule has 0 saturated carbocycles. The van der Waals surface area contributed by atoms with Crippen LogP contribution in [0.1, 0.15) is 62.7 Å². The molecule has 52 heavy (non-hydrogen) atoms. The van der Waals surface area contributed by atoms with Crippen LogP contribution >= 0.6 is 0 Å². The fourth-order valence-electron chi connectivity index (χ4n) is 7.33. The summed E-state index contributed by atoms with van der Waals surface area (Å²) in [4.78, 5) is 58.5. The molecule has 10 nitrogen and oxygen atoms in total. The van der Waals surface area contributed by atoms with E-state index in [-0.39, 0.29) is 13.2 Å². The third-order valence-electron chi connectivity index (χ3n) is 9.70. The van der Waals surface area contributed by atoms with Gasteiger partial charge in [-0.15, -0.1) is 0 Å². The Morgan fingerprint density at radius 2 is 0.846 bits per heavy atom. The van der Waals surface area contributed by atoms with Gasteiger partial charge in [0.05, 0.1) is 25.3 Å². The Morgan fingerprint density at radius 3 is 1.17 bits per heavy atom. The van der Waals surface area contributed by atoms with Crippen molar-refractivity contribution >= 4 is 35.1 Å². The van der Waals surface area contributed by atoms with Gasteiger partial charge in [0, 0.05) is 11.4 Å². The molecular formula is C42H46N4O6. The monoisotopic (exact) mass is 702 g/mol. The van der Waals surface area contributed by atoms with Gasteiger partial charge in [0.2, 0.25) is 11.8 Å². The fourth-order valence-corrected chi connectivity index (χ4v) is 7.33. The summed E-state index contributed by atoms with van der Waals surface area (Å²) in [5.41, 5.74) is 2.49. The van der Waals surface area contributed by atoms with Crippen molar-refractivity contribution in [2.75, 3.05) is 23.8 Å². The van der Waals surface area contributed by atoms with Gasteiger partial charge in [-0.3, -0.25) is 19.2 Å². The van der Waals surface area contributed by atoms with Crippen molar-refractivity contribution < 1.29 is 28.7 Å². The van der Waals surface area contributed by atoms with Crippen molar-refractivity contribution in [1.82, 2.24) is 10.0 Å². The van der Waals surface area contributed by atoms with Crippen LogP contribution in [0.3, 0.4) is 0 Å². The maximum Gasteiger partial charge on any atom is 0.313 e. The third-order valence-corrected chi connectivity index (χ3v) is 9.70. The summed E-state index contributed by atoms with van der Waals surface area (Å²) in [5, 5.41) is 9.64. The number of hydrogen-bond donors (Lipinski definition) is 2. The molecule has 10 heteroatoms. The maximum atomic E-state index is 14.8. The summed E-state index contributed by atoms with van der Waals surface area (Å²) in [6.07, 6.45) is 2.94. The highest BCUT2D eigenvalue weighted by Gasteiger charge is 2.68. The number of carbonyl (C=O) groups is 4. The number of hydrazine groups is 1. The molecule has 2 heterocycles. The lowest BCUT2D eigenvalue weighted by atomic mass is 9.82.